The summed E-state index contributed by atoms with van der Waals surface area (Å²) in [6.07, 6.45) is 4.46. The first kappa shape index (κ1) is 34.4. The number of carbonyl (C=O) groups is 4. The number of aromatic nitrogens is 3. The Morgan fingerprint density at radius 2 is 1.81 bits per heavy atom. The summed E-state index contributed by atoms with van der Waals surface area (Å²) in [4.78, 5) is 53.5. The number of aryl methyl sites for hydroxylation is 1. The molecule has 10 nitrogen and oxygen atoms in total. The van der Waals surface area contributed by atoms with E-state index in [9.17, 15) is 23.6 Å². The van der Waals surface area contributed by atoms with E-state index in [-0.39, 0.29) is 77.9 Å². The highest BCUT2D eigenvalue weighted by atomic mass is 35.5. The van der Waals surface area contributed by atoms with Crippen LogP contribution in [0.15, 0.2) is 29.8 Å². The third-order valence-electron chi connectivity index (χ3n) is 7.12. The number of hydrogen-bond acceptors (Lipinski definition) is 10. The number of carbonyl (C=O) groups excluding carboxylic acids is 4. The van der Waals surface area contributed by atoms with Gasteiger partial charge in [0, 0.05) is 43.2 Å². The second-order valence-electron chi connectivity index (χ2n) is 10.3. The number of nitrogens with zero attached hydrogens (tertiary/aromatic N) is 4. The van der Waals surface area contributed by atoms with Crippen LogP contribution < -0.4 is 0 Å². The second kappa shape index (κ2) is 16.1. The maximum Gasteiger partial charge on any atom is 0.361 e. The number of Topliss-reactive ketones (excluding diaryl/α,β-unsaturated/α-hetero) is 1. The molecule has 234 valence electrons. The molecular weight excluding hydrogens is 599 g/mol. The number of thioether (sulfide) groups is 1. The molecular formula is C30H38ClFN4O6S. The predicted octanol–water partition coefficient (Wildman–Crippen LogP) is 4.82. The van der Waals surface area contributed by atoms with Crippen LogP contribution in [0.4, 0.5) is 4.39 Å². The molecule has 13 heteroatoms. The summed E-state index contributed by atoms with van der Waals surface area (Å²) in [5.41, 5.74) is 1.40. The number of piperidine rings is 1. The molecule has 2 atom stereocenters. The van der Waals surface area contributed by atoms with Crippen molar-refractivity contribution < 1.29 is 33.0 Å². The van der Waals surface area contributed by atoms with Gasteiger partial charge in [0.2, 0.25) is 0 Å². The van der Waals surface area contributed by atoms with E-state index in [1.165, 1.54) is 29.5 Å². The van der Waals surface area contributed by atoms with Crippen LogP contribution in [0.5, 0.6) is 0 Å². The maximum atomic E-state index is 15.0. The number of likely N-dealkylation sites (tertiary alicyclic amines) is 1. The van der Waals surface area contributed by atoms with E-state index < -0.39 is 17.8 Å². The van der Waals surface area contributed by atoms with Crippen molar-refractivity contribution in [1.82, 2.24) is 19.9 Å². The van der Waals surface area contributed by atoms with E-state index >= 15 is 0 Å². The van der Waals surface area contributed by atoms with Gasteiger partial charge in [0.25, 0.3) is 0 Å². The summed E-state index contributed by atoms with van der Waals surface area (Å²) in [6.45, 7) is 6.42. The lowest BCUT2D eigenvalue weighted by molar-refractivity contribution is -0.143. The average molecular weight is 637 g/mol. The Labute approximate surface area is 261 Å². The monoisotopic (exact) mass is 636 g/mol. The molecule has 1 aliphatic carbocycles. The lowest BCUT2D eigenvalue weighted by atomic mass is 9.93. The predicted molar refractivity (Wildman–Crippen MR) is 162 cm³/mol. The minimum absolute atomic E-state index is 0. The molecule has 1 saturated heterocycles. The van der Waals surface area contributed by atoms with Crippen molar-refractivity contribution in [2.75, 3.05) is 26.3 Å². The topological polar surface area (TPSA) is 121 Å². The molecule has 2 unspecified atom stereocenters. The zero-order chi connectivity index (χ0) is 30.2. The van der Waals surface area contributed by atoms with Gasteiger partial charge in [-0.3, -0.25) is 19.3 Å². The minimum Gasteiger partial charge on any atom is -0.466 e. The van der Waals surface area contributed by atoms with Crippen molar-refractivity contribution in [2.24, 2.45) is 5.92 Å². The van der Waals surface area contributed by atoms with E-state index in [0.717, 1.165) is 18.4 Å². The average Bonchev–Trinajstić information content (AvgIpc) is 3.72. The molecule has 4 rings (SSSR count). The summed E-state index contributed by atoms with van der Waals surface area (Å²) in [7, 11) is 0. The summed E-state index contributed by atoms with van der Waals surface area (Å²) in [6, 6.07) is 5.59. The first-order valence-electron chi connectivity index (χ1n) is 14.4. The van der Waals surface area contributed by atoms with E-state index in [1.807, 2.05) is 4.90 Å². The third-order valence-corrected chi connectivity index (χ3v) is 8.27. The summed E-state index contributed by atoms with van der Waals surface area (Å²) in [5, 5.41) is 8.57. The van der Waals surface area contributed by atoms with Crippen LogP contribution in [0.3, 0.4) is 0 Å². The Hall–Kier alpha value is -3.09. The first-order valence-corrected chi connectivity index (χ1v) is 15.3. The molecule has 0 amide bonds. The fourth-order valence-electron chi connectivity index (χ4n) is 5.07. The third kappa shape index (κ3) is 9.20. The van der Waals surface area contributed by atoms with E-state index in [2.05, 4.69) is 10.2 Å². The van der Waals surface area contributed by atoms with Crippen molar-refractivity contribution >= 4 is 53.1 Å². The van der Waals surface area contributed by atoms with Crippen molar-refractivity contribution in [1.29, 1.82) is 0 Å². The Morgan fingerprint density at radius 3 is 2.47 bits per heavy atom. The van der Waals surface area contributed by atoms with Gasteiger partial charge >= 0.3 is 11.9 Å². The van der Waals surface area contributed by atoms with Crippen LogP contribution in [0.25, 0.3) is 6.08 Å². The Bertz CT molecular complexity index is 1350. The SMILES string of the molecule is CCOC(=O)CCCn1nc(C=C2CN(C(C(=O)C3CC3)c3ccccc3F)CCC2SC(C)=O)c(C(=O)OCC)n1.Cl. The molecule has 2 aromatic rings. The number of hydrogen-bond donors (Lipinski definition) is 0. The molecule has 2 aliphatic rings. The van der Waals surface area contributed by atoms with Crippen LogP contribution in [0.1, 0.15) is 80.7 Å². The number of esters is 2. The largest absolute Gasteiger partial charge is 0.466 e. The molecule has 2 heterocycles. The smallest absolute Gasteiger partial charge is 0.361 e. The van der Waals surface area contributed by atoms with Crippen LogP contribution in [-0.4, -0.2) is 74.3 Å². The Kier molecular flexibility index (Phi) is 12.9. The van der Waals surface area contributed by atoms with Crippen molar-refractivity contribution in [3.63, 3.8) is 0 Å². The van der Waals surface area contributed by atoms with Crippen molar-refractivity contribution in [2.45, 2.75) is 70.7 Å². The summed E-state index contributed by atoms with van der Waals surface area (Å²) in [5.74, 6) is -1.49. The lowest BCUT2D eigenvalue weighted by Crippen LogP contribution is -2.43. The van der Waals surface area contributed by atoms with Gasteiger partial charge in [-0.25, -0.2) is 9.18 Å². The lowest BCUT2D eigenvalue weighted by Gasteiger charge is -2.38. The van der Waals surface area contributed by atoms with E-state index in [1.54, 1.807) is 38.1 Å². The van der Waals surface area contributed by atoms with Gasteiger partial charge in [0.05, 0.1) is 25.8 Å². The van der Waals surface area contributed by atoms with Gasteiger partial charge in [-0.2, -0.15) is 9.90 Å². The second-order valence-corrected chi connectivity index (χ2v) is 11.7. The van der Waals surface area contributed by atoms with Gasteiger partial charge in [-0.15, -0.1) is 17.5 Å². The quantitative estimate of drug-likeness (QED) is 0.283. The van der Waals surface area contributed by atoms with E-state index in [4.69, 9.17) is 9.47 Å². The van der Waals surface area contributed by atoms with Gasteiger partial charge < -0.3 is 9.47 Å². The number of ketones is 1. The van der Waals surface area contributed by atoms with Crippen LogP contribution in [0, 0.1) is 11.7 Å². The minimum atomic E-state index is -0.756. The van der Waals surface area contributed by atoms with Crippen molar-refractivity contribution in [3.05, 3.63) is 52.6 Å². The molecule has 0 N–H and O–H groups in total. The number of rotatable bonds is 13. The standard InChI is InChI=1S/C30H37FN4O6S.ClH/c1-4-40-26(37)11-8-15-35-32-24(27(33-35)30(39)41-5-2)17-21-18-34(16-14-25(21)42-19(3)36)28(29(38)20-12-13-20)22-9-6-7-10-23(22)31;/h6-7,9-10,17,20,25,28H,4-5,8,11-16,18H2,1-3H3;1H. The van der Waals surface area contributed by atoms with Gasteiger partial charge in [0.15, 0.2) is 16.6 Å². The van der Waals surface area contributed by atoms with Gasteiger partial charge in [-0.1, -0.05) is 30.0 Å². The molecule has 0 radical (unpaired) electrons. The molecule has 1 aromatic carbocycles. The fourth-order valence-corrected chi connectivity index (χ4v) is 5.99. The van der Waals surface area contributed by atoms with Gasteiger partial charge in [-0.05, 0) is 57.2 Å². The Balaban J connectivity index is 0.00000506. The molecule has 0 spiro atoms. The van der Waals surface area contributed by atoms with Crippen LogP contribution in [-0.2, 0) is 30.4 Å². The van der Waals surface area contributed by atoms with Crippen LogP contribution >= 0.6 is 24.2 Å². The highest BCUT2D eigenvalue weighted by Crippen LogP contribution is 2.40. The number of ether oxygens (including phenoxy) is 2. The zero-order valence-electron chi connectivity index (χ0n) is 24.6. The molecule has 43 heavy (non-hydrogen) atoms. The van der Waals surface area contributed by atoms with Crippen molar-refractivity contribution in [3.8, 4) is 0 Å². The molecule has 1 saturated carbocycles. The van der Waals surface area contributed by atoms with Crippen LogP contribution in [0.2, 0.25) is 0 Å². The Morgan fingerprint density at radius 1 is 1.09 bits per heavy atom. The number of benzene rings is 1. The summed E-state index contributed by atoms with van der Waals surface area (Å²) >= 11 is 1.18. The molecule has 2 fully saturated rings. The normalized spacial score (nSPS) is 18.5. The molecule has 1 aromatic heterocycles. The molecule has 1 aliphatic heterocycles. The maximum absolute atomic E-state index is 15.0. The highest BCUT2D eigenvalue weighted by molar-refractivity contribution is 8.14. The fraction of sp³-hybridized carbons (Fsp3) is 0.533. The molecule has 0 bridgehead atoms. The first-order chi connectivity index (χ1) is 20.2. The zero-order valence-corrected chi connectivity index (χ0v) is 26.3. The number of halogens is 2. The van der Waals surface area contributed by atoms with Gasteiger partial charge in [0.1, 0.15) is 11.5 Å². The summed E-state index contributed by atoms with van der Waals surface area (Å²) < 4.78 is 25.2. The highest BCUT2D eigenvalue weighted by Gasteiger charge is 2.41. The van der Waals surface area contributed by atoms with E-state index in [0.29, 0.717) is 31.6 Å².